The normalized spacial score (nSPS) is 10.0. The summed E-state index contributed by atoms with van der Waals surface area (Å²) in [4.78, 5) is 24.7. The lowest BCUT2D eigenvalue weighted by atomic mass is 10.1. The Morgan fingerprint density at radius 3 is 2.58 bits per heavy atom. The van der Waals surface area contributed by atoms with Crippen molar-refractivity contribution in [2.24, 2.45) is 0 Å². The average molecular weight is 337 g/mol. The smallest absolute Gasteiger partial charge is 0.309 e. The lowest BCUT2D eigenvalue weighted by Gasteiger charge is -2.21. The van der Waals surface area contributed by atoms with Crippen molar-refractivity contribution in [2.75, 3.05) is 37.9 Å². The van der Waals surface area contributed by atoms with Crippen molar-refractivity contribution in [3.63, 3.8) is 0 Å². The number of anilines is 2. The topological polar surface area (TPSA) is 70.7 Å². The number of rotatable bonds is 8. The Morgan fingerprint density at radius 1 is 1.38 bits per heavy atom. The molecule has 132 valence electrons. The highest BCUT2D eigenvalue weighted by atomic mass is 19.1. The summed E-state index contributed by atoms with van der Waals surface area (Å²) in [5, 5.41) is 5.53. The molecular weight excluding hydrogens is 313 g/mol. The maximum atomic E-state index is 14.3. The molecule has 1 rings (SSSR count). The molecule has 7 heteroatoms. The molecule has 2 N–H and O–H groups in total. The van der Waals surface area contributed by atoms with Crippen molar-refractivity contribution >= 4 is 23.3 Å². The molecule has 1 amide bonds. The van der Waals surface area contributed by atoms with Crippen LogP contribution in [0.2, 0.25) is 0 Å². The number of hydrogen-bond donors (Lipinski definition) is 2. The Labute approximate surface area is 141 Å². The van der Waals surface area contributed by atoms with Crippen LogP contribution in [-0.4, -0.2) is 44.0 Å². The van der Waals surface area contributed by atoms with Crippen molar-refractivity contribution in [3.05, 3.63) is 35.8 Å². The first-order valence-corrected chi connectivity index (χ1v) is 7.58. The summed E-state index contributed by atoms with van der Waals surface area (Å²) < 4.78 is 18.9. The summed E-state index contributed by atoms with van der Waals surface area (Å²) in [5.74, 6) is -1.48. The molecule has 0 unspecified atom stereocenters. The van der Waals surface area contributed by atoms with Crippen LogP contribution in [0.15, 0.2) is 24.4 Å². The lowest BCUT2D eigenvalue weighted by molar-refractivity contribution is -0.139. The predicted molar refractivity (Wildman–Crippen MR) is 92.4 cm³/mol. The third-order valence-corrected chi connectivity index (χ3v) is 3.52. The third-order valence-electron chi connectivity index (χ3n) is 3.52. The van der Waals surface area contributed by atoms with Gasteiger partial charge in [-0.1, -0.05) is 6.58 Å². The van der Waals surface area contributed by atoms with Crippen molar-refractivity contribution in [3.8, 4) is 0 Å². The molecule has 6 nitrogen and oxygen atoms in total. The molecule has 0 aliphatic carbocycles. The molecule has 0 fully saturated rings. The molecule has 0 saturated heterocycles. The van der Waals surface area contributed by atoms with Gasteiger partial charge in [0.2, 0.25) is 5.91 Å². The van der Waals surface area contributed by atoms with Crippen LogP contribution in [0, 0.1) is 5.82 Å². The number of esters is 1. The van der Waals surface area contributed by atoms with Gasteiger partial charge in [0.15, 0.2) is 0 Å². The predicted octanol–water partition coefficient (Wildman–Crippen LogP) is 2.38. The van der Waals surface area contributed by atoms with Crippen molar-refractivity contribution in [1.29, 1.82) is 0 Å². The van der Waals surface area contributed by atoms with Gasteiger partial charge in [-0.2, -0.15) is 0 Å². The van der Waals surface area contributed by atoms with Crippen molar-refractivity contribution in [1.82, 2.24) is 4.90 Å². The highest BCUT2D eigenvalue weighted by Gasteiger charge is 2.15. The van der Waals surface area contributed by atoms with Gasteiger partial charge >= 0.3 is 5.97 Å². The number of methoxy groups -OCH3 is 1. The first kappa shape index (κ1) is 19.5. The number of likely N-dealkylation sites (N-methyl/N-ethyl adjacent to an activating group) is 1. The van der Waals surface area contributed by atoms with Crippen LogP contribution in [0.25, 0.3) is 0 Å². The van der Waals surface area contributed by atoms with E-state index in [0.29, 0.717) is 17.8 Å². The SMILES string of the molecule is C=C(CNc1cc(CC(=O)OC)cc(F)c1NC(C)=O)N(C)CC. The number of nitrogens with one attached hydrogen (secondary N) is 2. The van der Waals surface area contributed by atoms with Crippen LogP contribution < -0.4 is 10.6 Å². The molecule has 24 heavy (non-hydrogen) atoms. The van der Waals surface area contributed by atoms with Gasteiger partial charge in [-0.05, 0) is 24.6 Å². The minimum Gasteiger partial charge on any atom is -0.469 e. The Kier molecular flexibility index (Phi) is 7.23. The molecule has 0 spiro atoms. The van der Waals surface area contributed by atoms with Gasteiger partial charge in [0.25, 0.3) is 0 Å². The number of benzene rings is 1. The van der Waals surface area contributed by atoms with Crippen molar-refractivity contribution < 1.29 is 18.7 Å². The maximum Gasteiger partial charge on any atom is 0.309 e. The van der Waals surface area contributed by atoms with Crippen LogP contribution in [0.5, 0.6) is 0 Å². The minimum atomic E-state index is -0.622. The lowest BCUT2D eigenvalue weighted by Crippen LogP contribution is -2.22. The van der Waals surface area contributed by atoms with Gasteiger partial charge in [-0.3, -0.25) is 9.59 Å². The van der Waals surface area contributed by atoms with E-state index in [4.69, 9.17) is 0 Å². The maximum absolute atomic E-state index is 14.3. The first-order chi connectivity index (χ1) is 11.3. The van der Waals surface area contributed by atoms with Gasteiger partial charge in [0, 0.05) is 26.2 Å². The highest BCUT2D eigenvalue weighted by Crippen LogP contribution is 2.28. The summed E-state index contributed by atoms with van der Waals surface area (Å²) in [6, 6.07) is 2.82. The van der Waals surface area contributed by atoms with E-state index in [2.05, 4.69) is 21.9 Å². The zero-order valence-corrected chi connectivity index (χ0v) is 14.5. The number of ether oxygens (including phenoxy) is 1. The molecule has 0 saturated carbocycles. The van der Waals surface area contributed by atoms with Crippen LogP contribution in [0.4, 0.5) is 15.8 Å². The monoisotopic (exact) mass is 337 g/mol. The molecule has 0 radical (unpaired) electrons. The number of nitrogens with zero attached hydrogens (tertiary/aromatic N) is 1. The van der Waals surface area contributed by atoms with Gasteiger partial charge in [-0.25, -0.2) is 4.39 Å². The quantitative estimate of drug-likeness (QED) is 0.713. The van der Waals surface area contributed by atoms with E-state index in [9.17, 15) is 14.0 Å². The summed E-state index contributed by atoms with van der Waals surface area (Å²) in [5.41, 5.74) is 1.69. The molecule has 1 aromatic rings. The molecular formula is C17H24FN3O3. The number of carbonyl (C=O) groups is 2. The van der Waals surface area contributed by atoms with E-state index < -0.39 is 11.8 Å². The number of amides is 1. The molecule has 0 heterocycles. The largest absolute Gasteiger partial charge is 0.469 e. The molecule has 0 atom stereocenters. The Bertz CT molecular complexity index is 632. The third kappa shape index (κ3) is 5.57. The number of carbonyl (C=O) groups excluding carboxylic acids is 2. The van der Waals surface area contributed by atoms with Gasteiger partial charge in [0.05, 0.1) is 25.8 Å². The fourth-order valence-electron chi connectivity index (χ4n) is 2.00. The number of hydrogen-bond acceptors (Lipinski definition) is 5. The van der Waals surface area contributed by atoms with E-state index in [-0.39, 0.29) is 18.0 Å². The summed E-state index contributed by atoms with van der Waals surface area (Å²) >= 11 is 0. The van der Waals surface area contributed by atoms with E-state index in [1.807, 2.05) is 18.9 Å². The second-order valence-corrected chi connectivity index (χ2v) is 5.37. The van der Waals surface area contributed by atoms with E-state index in [1.54, 1.807) is 6.07 Å². The molecule has 0 bridgehead atoms. The van der Waals surface area contributed by atoms with E-state index in [0.717, 1.165) is 12.2 Å². The fraction of sp³-hybridized carbons (Fsp3) is 0.412. The molecule has 0 aliphatic rings. The summed E-state index contributed by atoms with van der Waals surface area (Å²) in [6.07, 6.45) is -0.0573. The Balaban J connectivity index is 3.08. The van der Waals surface area contributed by atoms with Gasteiger partial charge in [0.1, 0.15) is 11.5 Å². The molecule has 0 aliphatic heterocycles. The van der Waals surface area contributed by atoms with Crippen LogP contribution in [0.1, 0.15) is 19.4 Å². The summed E-state index contributed by atoms with van der Waals surface area (Å²) in [7, 11) is 3.17. The molecule has 0 aromatic heterocycles. The zero-order valence-electron chi connectivity index (χ0n) is 14.5. The second kappa shape index (κ2) is 8.90. The average Bonchev–Trinajstić information content (AvgIpc) is 2.53. The Morgan fingerprint density at radius 2 is 2.04 bits per heavy atom. The fourth-order valence-corrected chi connectivity index (χ4v) is 2.00. The first-order valence-electron chi connectivity index (χ1n) is 7.58. The highest BCUT2D eigenvalue weighted by molar-refractivity contribution is 5.93. The Hall–Kier alpha value is -2.57. The van der Waals surface area contributed by atoms with E-state index >= 15 is 0 Å². The van der Waals surface area contributed by atoms with Gasteiger partial charge in [-0.15, -0.1) is 0 Å². The number of halogens is 1. The second-order valence-electron chi connectivity index (χ2n) is 5.37. The standard InChI is InChI=1S/C17H24FN3O3/c1-6-21(4)11(2)10-19-15-8-13(9-16(23)24-5)7-14(18)17(15)20-12(3)22/h7-8,19H,2,6,9-10H2,1,3-5H3,(H,20,22). The van der Waals surface area contributed by atoms with E-state index in [1.165, 1.54) is 20.1 Å². The van der Waals surface area contributed by atoms with Crippen molar-refractivity contribution in [2.45, 2.75) is 20.3 Å². The summed E-state index contributed by atoms with van der Waals surface area (Å²) in [6.45, 7) is 8.40. The van der Waals surface area contributed by atoms with Crippen LogP contribution in [0.3, 0.4) is 0 Å². The van der Waals surface area contributed by atoms with Crippen LogP contribution >= 0.6 is 0 Å². The zero-order chi connectivity index (χ0) is 18.3. The van der Waals surface area contributed by atoms with Gasteiger partial charge < -0.3 is 20.3 Å². The van der Waals surface area contributed by atoms with Crippen LogP contribution in [-0.2, 0) is 20.7 Å². The minimum absolute atomic E-state index is 0.0445. The molecule has 1 aromatic carbocycles.